The van der Waals surface area contributed by atoms with Crippen LogP contribution in [0.25, 0.3) is 20.8 Å². The third kappa shape index (κ3) is 3.69. The first-order valence-electron chi connectivity index (χ1n) is 8.24. The Morgan fingerprint density at radius 1 is 1.04 bits per heavy atom. The second-order valence-electron chi connectivity index (χ2n) is 6.12. The van der Waals surface area contributed by atoms with Crippen molar-refractivity contribution in [3.63, 3.8) is 0 Å². The Kier molecular flexibility index (Phi) is 4.87. The first-order valence-corrected chi connectivity index (χ1v) is 9.81. The van der Waals surface area contributed by atoms with Gasteiger partial charge in [-0.2, -0.15) is 0 Å². The van der Waals surface area contributed by atoms with Crippen molar-refractivity contribution < 1.29 is 4.79 Å². The van der Waals surface area contributed by atoms with E-state index in [9.17, 15) is 4.79 Å². The molecule has 0 aliphatic carbocycles. The smallest absolute Gasteiger partial charge is 0.255 e. The molecule has 0 unspecified atom stereocenters. The van der Waals surface area contributed by atoms with E-state index in [1.807, 2.05) is 43.3 Å². The van der Waals surface area contributed by atoms with Crippen molar-refractivity contribution in [3.05, 3.63) is 81.8 Å². The lowest BCUT2D eigenvalue weighted by Crippen LogP contribution is -2.13. The predicted molar refractivity (Wildman–Crippen MR) is 114 cm³/mol. The number of anilines is 1. The fraction of sp³-hybridized carbons (Fsp3) is 0.0476. The molecule has 0 saturated heterocycles. The van der Waals surface area contributed by atoms with Crippen LogP contribution in [0.4, 0.5) is 5.69 Å². The van der Waals surface area contributed by atoms with Crippen molar-refractivity contribution in [1.29, 1.82) is 0 Å². The molecule has 1 N–H and O–H groups in total. The number of nitrogens with one attached hydrogen (secondary N) is 1. The fourth-order valence-electron chi connectivity index (χ4n) is 2.75. The number of rotatable bonds is 3. The van der Waals surface area contributed by atoms with Crippen molar-refractivity contribution in [2.24, 2.45) is 0 Å². The number of fused-ring (bicyclic) bond motifs is 1. The zero-order valence-corrected chi connectivity index (χ0v) is 16.6. The van der Waals surface area contributed by atoms with Crippen LogP contribution >= 0.6 is 34.5 Å². The number of aromatic nitrogens is 1. The van der Waals surface area contributed by atoms with E-state index < -0.39 is 0 Å². The number of nitrogens with zero attached hydrogens (tertiary/aromatic N) is 1. The van der Waals surface area contributed by atoms with Crippen LogP contribution in [-0.4, -0.2) is 10.9 Å². The Morgan fingerprint density at radius 2 is 1.78 bits per heavy atom. The summed E-state index contributed by atoms with van der Waals surface area (Å²) in [5.74, 6) is -0.235. The summed E-state index contributed by atoms with van der Waals surface area (Å²) in [4.78, 5) is 17.4. The first kappa shape index (κ1) is 18.0. The molecule has 1 amide bonds. The lowest BCUT2D eigenvalue weighted by Gasteiger charge is -2.12. The molecule has 0 aliphatic heterocycles. The highest BCUT2D eigenvalue weighted by Gasteiger charge is 2.18. The van der Waals surface area contributed by atoms with Crippen molar-refractivity contribution in [1.82, 2.24) is 4.98 Å². The van der Waals surface area contributed by atoms with Gasteiger partial charge in [0, 0.05) is 16.1 Å². The van der Waals surface area contributed by atoms with Gasteiger partial charge in [-0.25, -0.2) is 4.98 Å². The van der Waals surface area contributed by atoms with Crippen LogP contribution in [0.2, 0.25) is 10.0 Å². The van der Waals surface area contributed by atoms with E-state index in [2.05, 4.69) is 10.3 Å². The molecule has 134 valence electrons. The molecule has 6 heteroatoms. The molecule has 0 radical (unpaired) electrons. The summed E-state index contributed by atoms with van der Waals surface area (Å²) in [6.07, 6.45) is 0. The maximum atomic E-state index is 12.7. The van der Waals surface area contributed by atoms with Crippen LogP contribution in [0, 0.1) is 6.92 Å². The summed E-state index contributed by atoms with van der Waals surface area (Å²) in [5, 5.41) is 4.53. The maximum absolute atomic E-state index is 12.7. The molecule has 0 saturated carbocycles. The van der Waals surface area contributed by atoms with Crippen LogP contribution in [0.15, 0.2) is 60.7 Å². The maximum Gasteiger partial charge on any atom is 0.255 e. The molecule has 0 atom stereocenters. The van der Waals surface area contributed by atoms with Gasteiger partial charge in [0.15, 0.2) is 0 Å². The van der Waals surface area contributed by atoms with Crippen LogP contribution in [0.5, 0.6) is 0 Å². The summed E-state index contributed by atoms with van der Waals surface area (Å²) in [7, 11) is 0. The van der Waals surface area contributed by atoms with Crippen molar-refractivity contribution in [2.75, 3.05) is 5.32 Å². The molecule has 0 bridgehead atoms. The van der Waals surface area contributed by atoms with E-state index >= 15 is 0 Å². The summed E-state index contributed by atoms with van der Waals surface area (Å²) >= 11 is 14.2. The van der Waals surface area contributed by atoms with Crippen LogP contribution in [-0.2, 0) is 0 Å². The molecule has 0 aliphatic rings. The normalized spacial score (nSPS) is 10.9. The molecule has 27 heavy (non-hydrogen) atoms. The average molecular weight is 413 g/mol. The second-order valence-corrected chi connectivity index (χ2v) is 7.99. The summed E-state index contributed by atoms with van der Waals surface area (Å²) in [6, 6.07) is 18.6. The highest BCUT2D eigenvalue weighted by molar-refractivity contribution is 7.21. The predicted octanol–water partition coefficient (Wildman–Crippen LogP) is 6.83. The Labute approximate surface area is 170 Å². The number of thiazole rings is 1. The van der Waals surface area contributed by atoms with Crippen LogP contribution < -0.4 is 5.32 Å². The Balaban J connectivity index is 1.78. The molecular weight excluding hydrogens is 399 g/mol. The largest absolute Gasteiger partial charge is 0.320 e. The van der Waals surface area contributed by atoms with Crippen molar-refractivity contribution in [2.45, 2.75) is 6.92 Å². The van der Waals surface area contributed by atoms with Gasteiger partial charge >= 0.3 is 0 Å². The number of aryl methyl sites for hydroxylation is 1. The lowest BCUT2D eigenvalue weighted by molar-refractivity contribution is 0.102. The van der Waals surface area contributed by atoms with Gasteiger partial charge in [-0.1, -0.05) is 53.0 Å². The van der Waals surface area contributed by atoms with Crippen LogP contribution in [0.3, 0.4) is 0 Å². The number of amides is 1. The first-order chi connectivity index (χ1) is 13.0. The highest BCUT2D eigenvalue weighted by Crippen LogP contribution is 2.40. The van der Waals surface area contributed by atoms with Gasteiger partial charge in [0.25, 0.3) is 5.91 Å². The number of carbonyl (C=O) groups is 1. The topological polar surface area (TPSA) is 42.0 Å². The number of hydrogen-bond donors (Lipinski definition) is 1. The monoisotopic (exact) mass is 412 g/mol. The van der Waals surface area contributed by atoms with E-state index in [1.165, 1.54) is 11.3 Å². The van der Waals surface area contributed by atoms with E-state index in [0.717, 1.165) is 20.8 Å². The van der Waals surface area contributed by atoms with Crippen molar-refractivity contribution in [3.8, 4) is 10.6 Å². The molecule has 3 nitrogen and oxygen atoms in total. The average Bonchev–Trinajstić information content (AvgIpc) is 3.08. The van der Waals surface area contributed by atoms with Crippen molar-refractivity contribution >= 4 is 56.3 Å². The zero-order chi connectivity index (χ0) is 19.0. The number of benzene rings is 3. The quantitative estimate of drug-likeness (QED) is 0.400. The molecular formula is C21H14Cl2N2OS. The number of hydrogen-bond acceptors (Lipinski definition) is 3. The molecule has 1 heterocycles. The molecule has 4 rings (SSSR count). The van der Waals surface area contributed by atoms with Gasteiger partial charge in [0.05, 0.1) is 20.9 Å². The fourth-order valence-corrected chi connectivity index (χ4v) is 4.28. The third-order valence-electron chi connectivity index (χ3n) is 4.13. The molecule has 0 spiro atoms. The zero-order valence-electron chi connectivity index (χ0n) is 14.3. The van der Waals surface area contributed by atoms with Crippen LogP contribution in [0.1, 0.15) is 15.9 Å². The number of carbonyl (C=O) groups excluding carboxylic acids is 1. The van der Waals surface area contributed by atoms with E-state index in [4.69, 9.17) is 23.2 Å². The lowest BCUT2D eigenvalue weighted by atomic mass is 10.1. The van der Waals surface area contributed by atoms with E-state index in [-0.39, 0.29) is 5.91 Å². The minimum Gasteiger partial charge on any atom is -0.320 e. The van der Waals surface area contributed by atoms with Gasteiger partial charge in [-0.05, 0) is 43.3 Å². The van der Waals surface area contributed by atoms with Gasteiger partial charge in [0.1, 0.15) is 5.01 Å². The van der Waals surface area contributed by atoms with E-state index in [1.54, 1.807) is 24.3 Å². The van der Waals surface area contributed by atoms with Gasteiger partial charge in [-0.15, -0.1) is 11.3 Å². The molecule has 4 aromatic rings. The summed E-state index contributed by atoms with van der Waals surface area (Å²) < 4.78 is 1.06. The number of halogens is 2. The third-order valence-corrected chi connectivity index (χ3v) is 5.72. The second kappa shape index (κ2) is 7.31. The minimum atomic E-state index is -0.235. The summed E-state index contributed by atoms with van der Waals surface area (Å²) in [6.45, 7) is 1.98. The van der Waals surface area contributed by atoms with Gasteiger partial charge in [-0.3, -0.25) is 4.79 Å². The SMILES string of the molecule is Cc1ccc(C(=O)Nc2c(Cl)cc(Cl)cc2-c2nc3ccccc3s2)cc1. The summed E-state index contributed by atoms with van der Waals surface area (Å²) in [5.41, 5.74) is 3.75. The Morgan fingerprint density at radius 3 is 2.52 bits per heavy atom. The number of para-hydroxylation sites is 1. The molecule has 3 aromatic carbocycles. The molecule has 1 aromatic heterocycles. The highest BCUT2D eigenvalue weighted by atomic mass is 35.5. The minimum absolute atomic E-state index is 0.235. The molecule has 0 fully saturated rings. The van der Waals surface area contributed by atoms with Gasteiger partial charge < -0.3 is 5.32 Å². The Hall–Kier alpha value is -2.40. The van der Waals surface area contributed by atoms with E-state index in [0.29, 0.717) is 26.9 Å². The Bertz CT molecular complexity index is 1120. The standard InChI is InChI=1S/C21H14Cl2N2OS/c1-12-6-8-13(9-7-12)20(26)25-19-15(10-14(22)11-16(19)23)21-24-17-4-2-3-5-18(17)27-21/h2-11H,1H3,(H,25,26). The van der Waals surface area contributed by atoms with Gasteiger partial charge in [0.2, 0.25) is 0 Å².